The van der Waals surface area contributed by atoms with Gasteiger partial charge in [-0.25, -0.2) is 0 Å². The van der Waals surface area contributed by atoms with Gasteiger partial charge in [0, 0.05) is 25.0 Å². The molecule has 118 valence electrons. The zero-order valence-corrected chi connectivity index (χ0v) is 12.5. The van der Waals surface area contributed by atoms with Crippen molar-refractivity contribution in [2.24, 2.45) is 0 Å². The van der Waals surface area contributed by atoms with E-state index in [-0.39, 0.29) is 24.4 Å². The highest BCUT2D eigenvalue weighted by molar-refractivity contribution is 5.76. The summed E-state index contributed by atoms with van der Waals surface area (Å²) in [5.41, 5.74) is -0.341. The van der Waals surface area contributed by atoms with Crippen molar-refractivity contribution < 1.29 is 18.0 Å². The fourth-order valence-corrected chi connectivity index (χ4v) is 1.70. The molecule has 0 saturated carbocycles. The third-order valence-electron chi connectivity index (χ3n) is 2.75. The van der Waals surface area contributed by atoms with Crippen LogP contribution >= 0.6 is 0 Å². The normalized spacial score (nSPS) is 12.3. The van der Waals surface area contributed by atoms with Crippen LogP contribution in [0.25, 0.3) is 0 Å². The third-order valence-corrected chi connectivity index (χ3v) is 2.75. The molecule has 0 heterocycles. The highest BCUT2D eigenvalue weighted by atomic mass is 19.4. The van der Waals surface area contributed by atoms with E-state index in [1.807, 2.05) is 20.8 Å². The van der Waals surface area contributed by atoms with Gasteiger partial charge in [-0.1, -0.05) is 12.1 Å². The van der Waals surface area contributed by atoms with Crippen LogP contribution in [-0.4, -0.2) is 18.0 Å². The topological polar surface area (TPSA) is 41.1 Å². The number of alkyl halides is 3. The van der Waals surface area contributed by atoms with Crippen LogP contribution in [0.4, 0.5) is 13.2 Å². The largest absolute Gasteiger partial charge is 0.416 e. The van der Waals surface area contributed by atoms with Gasteiger partial charge in [-0.3, -0.25) is 4.79 Å². The van der Waals surface area contributed by atoms with Crippen LogP contribution in [-0.2, 0) is 17.5 Å². The first-order chi connectivity index (χ1) is 9.58. The van der Waals surface area contributed by atoms with Crippen molar-refractivity contribution in [3.63, 3.8) is 0 Å². The van der Waals surface area contributed by atoms with Crippen molar-refractivity contribution in [3.8, 4) is 0 Å². The minimum atomic E-state index is -4.36. The standard InChI is InChI=1S/C15H21F3N2O/c1-14(2,3)20-8-7-13(21)19-10-11-5-4-6-12(9-11)15(16,17)18/h4-6,9,20H,7-8,10H2,1-3H3,(H,19,21). The summed E-state index contributed by atoms with van der Waals surface area (Å²) in [5.74, 6) is -0.191. The summed E-state index contributed by atoms with van der Waals surface area (Å²) in [6, 6.07) is 4.96. The summed E-state index contributed by atoms with van der Waals surface area (Å²) in [5, 5.41) is 5.79. The molecule has 0 atom stereocenters. The molecule has 0 unspecified atom stereocenters. The van der Waals surface area contributed by atoms with Crippen LogP contribution in [0, 0.1) is 0 Å². The van der Waals surface area contributed by atoms with Crippen molar-refractivity contribution in [2.45, 2.75) is 45.5 Å². The Kier molecular flexibility index (Phi) is 5.78. The molecule has 1 aromatic carbocycles. The molecule has 0 bridgehead atoms. The van der Waals surface area contributed by atoms with E-state index in [1.54, 1.807) is 6.07 Å². The van der Waals surface area contributed by atoms with Crippen LogP contribution in [0.1, 0.15) is 38.3 Å². The summed E-state index contributed by atoms with van der Waals surface area (Å²) in [6.07, 6.45) is -4.08. The van der Waals surface area contributed by atoms with Gasteiger partial charge < -0.3 is 10.6 Å². The molecule has 0 aliphatic carbocycles. The summed E-state index contributed by atoms with van der Waals surface area (Å²) in [6.45, 7) is 6.60. The van der Waals surface area contributed by atoms with Gasteiger partial charge in [0.05, 0.1) is 5.56 Å². The molecule has 0 aromatic heterocycles. The van der Waals surface area contributed by atoms with Crippen molar-refractivity contribution in [2.75, 3.05) is 6.54 Å². The average molecular weight is 302 g/mol. The minimum absolute atomic E-state index is 0.0681. The predicted octanol–water partition coefficient (Wildman–Crippen LogP) is 3.10. The number of benzene rings is 1. The van der Waals surface area contributed by atoms with E-state index < -0.39 is 11.7 Å². The van der Waals surface area contributed by atoms with Gasteiger partial charge in [-0.2, -0.15) is 13.2 Å². The Morgan fingerprint density at radius 2 is 1.86 bits per heavy atom. The van der Waals surface area contributed by atoms with Crippen LogP contribution in [0.2, 0.25) is 0 Å². The maximum atomic E-state index is 12.5. The van der Waals surface area contributed by atoms with E-state index in [2.05, 4.69) is 10.6 Å². The molecule has 6 heteroatoms. The minimum Gasteiger partial charge on any atom is -0.352 e. The van der Waals surface area contributed by atoms with E-state index in [1.165, 1.54) is 6.07 Å². The highest BCUT2D eigenvalue weighted by Gasteiger charge is 2.30. The molecule has 21 heavy (non-hydrogen) atoms. The van der Waals surface area contributed by atoms with Gasteiger partial charge in [0.15, 0.2) is 0 Å². The fourth-order valence-electron chi connectivity index (χ4n) is 1.70. The Labute approximate surface area is 122 Å². The first-order valence-electron chi connectivity index (χ1n) is 6.76. The molecule has 0 aliphatic heterocycles. The van der Waals surface area contributed by atoms with Gasteiger partial charge in [0.1, 0.15) is 0 Å². The number of amides is 1. The van der Waals surface area contributed by atoms with Gasteiger partial charge in [-0.05, 0) is 38.5 Å². The summed E-state index contributed by atoms with van der Waals surface area (Å²) < 4.78 is 37.6. The number of hydrogen-bond acceptors (Lipinski definition) is 2. The maximum absolute atomic E-state index is 12.5. The third kappa shape index (κ3) is 7.13. The van der Waals surface area contributed by atoms with Crippen LogP contribution in [0.3, 0.4) is 0 Å². The Bertz CT molecular complexity index is 479. The molecule has 0 spiro atoms. The van der Waals surface area contributed by atoms with E-state index in [9.17, 15) is 18.0 Å². The van der Waals surface area contributed by atoms with Gasteiger partial charge in [0.2, 0.25) is 5.91 Å². The lowest BCUT2D eigenvalue weighted by molar-refractivity contribution is -0.137. The predicted molar refractivity (Wildman–Crippen MR) is 75.7 cm³/mol. The number of carbonyl (C=O) groups is 1. The van der Waals surface area contributed by atoms with Crippen LogP contribution < -0.4 is 10.6 Å². The van der Waals surface area contributed by atoms with Gasteiger partial charge in [-0.15, -0.1) is 0 Å². The number of carbonyl (C=O) groups excluding carboxylic acids is 1. The lowest BCUT2D eigenvalue weighted by Gasteiger charge is -2.20. The Morgan fingerprint density at radius 3 is 2.43 bits per heavy atom. The first kappa shape index (κ1) is 17.5. The van der Waals surface area contributed by atoms with Gasteiger partial charge in [0.25, 0.3) is 0 Å². The number of nitrogens with one attached hydrogen (secondary N) is 2. The molecule has 3 nitrogen and oxygen atoms in total. The SMILES string of the molecule is CC(C)(C)NCCC(=O)NCc1cccc(C(F)(F)F)c1. The number of halogens is 3. The van der Waals surface area contributed by atoms with Crippen molar-refractivity contribution in [1.29, 1.82) is 0 Å². The fraction of sp³-hybridized carbons (Fsp3) is 0.533. The summed E-state index contributed by atoms with van der Waals surface area (Å²) in [7, 11) is 0. The van der Waals surface area contributed by atoms with Crippen LogP contribution in [0.15, 0.2) is 24.3 Å². The molecule has 0 saturated heterocycles. The molecular weight excluding hydrogens is 281 g/mol. The quantitative estimate of drug-likeness (QED) is 0.877. The molecule has 1 rings (SSSR count). The molecular formula is C15H21F3N2O. The first-order valence-corrected chi connectivity index (χ1v) is 6.76. The lowest BCUT2D eigenvalue weighted by atomic mass is 10.1. The second-order valence-electron chi connectivity index (χ2n) is 5.90. The highest BCUT2D eigenvalue weighted by Crippen LogP contribution is 2.29. The molecule has 1 aromatic rings. The van der Waals surface area contributed by atoms with Crippen LogP contribution in [0.5, 0.6) is 0 Å². The second kappa shape index (κ2) is 6.93. The lowest BCUT2D eigenvalue weighted by Crippen LogP contribution is -2.38. The zero-order valence-electron chi connectivity index (χ0n) is 12.5. The van der Waals surface area contributed by atoms with Crippen molar-refractivity contribution in [3.05, 3.63) is 35.4 Å². The molecule has 0 aliphatic rings. The van der Waals surface area contributed by atoms with E-state index >= 15 is 0 Å². The summed E-state index contributed by atoms with van der Waals surface area (Å²) in [4.78, 5) is 11.6. The van der Waals surface area contributed by atoms with E-state index in [0.717, 1.165) is 12.1 Å². The molecule has 2 N–H and O–H groups in total. The Balaban J connectivity index is 2.43. The molecule has 0 fully saturated rings. The maximum Gasteiger partial charge on any atom is 0.416 e. The number of rotatable bonds is 5. The molecule has 0 radical (unpaired) electrons. The van der Waals surface area contributed by atoms with Crippen molar-refractivity contribution >= 4 is 5.91 Å². The second-order valence-corrected chi connectivity index (χ2v) is 5.90. The van der Waals surface area contributed by atoms with E-state index in [0.29, 0.717) is 12.1 Å². The monoisotopic (exact) mass is 302 g/mol. The Hall–Kier alpha value is -1.56. The molecule has 1 amide bonds. The van der Waals surface area contributed by atoms with Gasteiger partial charge >= 0.3 is 6.18 Å². The smallest absolute Gasteiger partial charge is 0.352 e. The average Bonchev–Trinajstić information content (AvgIpc) is 2.34. The van der Waals surface area contributed by atoms with E-state index in [4.69, 9.17) is 0 Å². The number of hydrogen-bond donors (Lipinski definition) is 2. The van der Waals surface area contributed by atoms with Crippen molar-refractivity contribution in [1.82, 2.24) is 10.6 Å². The zero-order chi connectivity index (χ0) is 16.1. The summed E-state index contributed by atoms with van der Waals surface area (Å²) >= 11 is 0. The Morgan fingerprint density at radius 1 is 1.19 bits per heavy atom.